The van der Waals surface area contributed by atoms with Crippen molar-refractivity contribution in [2.45, 2.75) is 25.8 Å². The summed E-state index contributed by atoms with van der Waals surface area (Å²) in [6.45, 7) is 9.31. The van der Waals surface area contributed by atoms with Gasteiger partial charge in [0.15, 0.2) is 0 Å². The standard InChI is InChI=1S/C13H26N4O/c1-2-17(12-3-4-12)13(18)11-16-9-7-15(6-5-14)8-10-16/h12H,2-11,14H2,1H3. The molecule has 2 N–H and O–H groups in total. The number of likely N-dealkylation sites (N-methyl/N-ethyl adjacent to an activating group) is 1. The lowest BCUT2D eigenvalue weighted by Gasteiger charge is -2.35. The highest BCUT2D eigenvalue weighted by Gasteiger charge is 2.32. The monoisotopic (exact) mass is 254 g/mol. The smallest absolute Gasteiger partial charge is 0.236 e. The maximum atomic E-state index is 12.2. The van der Waals surface area contributed by atoms with Crippen LogP contribution < -0.4 is 5.73 Å². The van der Waals surface area contributed by atoms with Gasteiger partial charge >= 0.3 is 0 Å². The molecule has 0 bridgehead atoms. The molecule has 5 nitrogen and oxygen atoms in total. The molecule has 2 rings (SSSR count). The molecule has 1 aliphatic heterocycles. The molecular weight excluding hydrogens is 228 g/mol. The lowest BCUT2D eigenvalue weighted by atomic mass is 10.3. The number of amides is 1. The fourth-order valence-electron chi connectivity index (χ4n) is 2.66. The predicted octanol–water partition coefficient (Wildman–Crippen LogP) is -0.426. The second-order valence-electron chi connectivity index (χ2n) is 5.32. The maximum Gasteiger partial charge on any atom is 0.236 e. The molecule has 0 aromatic carbocycles. The van der Waals surface area contributed by atoms with Crippen molar-refractivity contribution >= 4 is 5.91 Å². The molecule has 5 heteroatoms. The number of piperazine rings is 1. The van der Waals surface area contributed by atoms with E-state index in [0.717, 1.165) is 45.8 Å². The first kappa shape index (κ1) is 13.8. The van der Waals surface area contributed by atoms with E-state index in [4.69, 9.17) is 5.73 Å². The van der Waals surface area contributed by atoms with E-state index in [0.29, 0.717) is 18.5 Å². The van der Waals surface area contributed by atoms with Crippen LogP contribution in [0.25, 0.3) is 0 Å². The van der Waals surface area contributed by atoms with Crippen molar-refractivity contribution in [3.8, 4) is 0 Å². The van der Waals surface area contributed by atoms with Crippen LogP contribution in [0.1, 0.15) is 19.8 Å². The normalized spacial score (nSPS) is 22.1. The lowest BCUT2D eigenvalue weighted by molar-refractivity contribution is -0.133. The van der Waals surface area contributed by atoms with Crippen molar-refractivity contribution in [3.63, 3.8) is 0 Å². The van der Waals surface area contributed by atoms with Gasteiger partial charge in [-0.25, -0.2) is 0 Å². The summed E-state index contributed by atoms with van der Waals surface area (Å²) >= 11 is 0. The topological polar surface area (TPSA) is 52.8 Å². The Morgan fingerprint density at radius 3 is 2.33 bits per heavy atom. The van der Waals surface area contributed by atoms with Crippen molar-refractivity contribution in [3.05, 3.63) is 0 Å². The zero-order valence-corrected chi connectivity index (χ0v) is 11.5. The number of nitrogens with two attached hydrogens (primary N) is 1. The number of hydrogen-bond acceptors (Lipinski definition) is 4. The Morgan fingerprint density at radius 1 is 1.22 bits per heavy atom. The summed E-state index contributed by atoms with van der Waals surface area (Å²) in [7, 11) is 0. The van der Waals surface area contributed by atoms with E-state index in [9.17, 15) is 4.79 Å². The Labute approximate surface area is 110 Å². The molecule has 1 heterocycles. The molecule has 1 aliphatic carbocycles. The first-order valence-electron chi connectivity index (χ1n) is 7.18. The zero-order valence-electron chi connectivity index (χ0n) is 11.5. The Bertz CT molecular complexity index is 272. The van der Waals surface area contributed by atoms with E-state index in [1.807, 2.05) is 4.90 Å². The van der Waals surface area contributed by atoms with E-state index in [2.05, 4.69) is 16.7 Å². The molecule has 0 radical (unpaired) electrons. The van der Waals surface area contributed by atoms with Gasteiger partial charge in [0.05, 0.1) is 6.54 Å². The molecule has 0 aromatic heterocycles. The van der Waals surface area contributed by atoms with Gasteiger partial charge in [0.25, 0.3) is 0 Å². The van der Waals surface area contributed by atoms with Crippen LogP contribution in [0.15, 0.2) is 0 Å². The Hall–Kier alpha value is -0.650. The fraction of sp³-hybridized carbons (Fsp3) is 0.923. The van der Waals surface area contributed by atoms with E-state index in [-0.39, 0.29) is 0 Å². The van der Waals surface area contributed by atoms with Gasteiger partial charge in [0.1, 0.15) is 0 Å². The quantitative estimate of drug-likeness (QED) is 0.699. The van der Waals surface area contributed by atoms with E-state index in [1.54, 1.807) is 0 Å². The van der Waals surface area contributed by atoms with Crippen molar-refractivity contribution in [2.24, 2.45) is 5.73 Å². The van der Waals surface area contributed by atoms with Crippen LogP contribution in [0.4, 0.5) is 0 Å². The van der Waals surface area contributed by atoms with Gasteiger partial charge in [-0.05, 0) is 19.8 Å². The third-order valence-electron chi connectivity index (χ3n) is 3.92. The highest BCUT2D eigenvalue weighted by Crippen LogP contribution is 2.26. The molecule has 1 saturated carbocycles. The number of carbonyl (C=O) groups excluding carboxylic acids is 1. The summed E-state index contributed by atoms with van der Waals surface area (Å²) in [4.78, 5) is 18.9. The molecule has 0 aromatic rings. The SMILES string of the molecule is CCN(C(=O)CN1CCN(CCN)CC1)C1CC1. The average Bonchev–Trinajstić information content (AvgIpc) is 3.17. The second kappa shape index (κ2) is 6.50. The Kier molecular flexibility index (Phi) is 4.97. The summed E-state index contributed by atoms with van der Waals surface area (Å²) in [5, 5.41) is 0. The highest BCUT2D eigenvalue weighted by molar-refractivity contribution is 5.78. The van der Waals surface area contributed by atoms with Crippen molar-refractivity contribution in [1.29, 1.82) is 0 Å². The van der Waals surface area contributed by atoms with Gasteiger partial charge in [-0.15, -0.1) is 0 Å². The molecule has 1 amide bonds. The van der Waals surface area contributed by atoms with E-state index < -0.39 is 0 Å². The Balaban J connectivity index is 1.71. The summed E-state index contributed by atoms with van der Waals surface area (Å²) in [6.07, 6.45) is 2.40. The predicted molar refractivity (Wildman–Crippen MR) is 72.3 cm³/mol. The number of nitrogens with zero attached hydrogens (tertiary/aromatic N) is 3. The second-order valence-corrected chi connectivity index (χ2v) is 5.32. The fourth-order valence-corrected chi connectivity index (χ4v) is 2.66. The van der Waals surface area contributed by atoms with Crippen LogP contribution in [0, 0.1) is 0 Å². The molecule has 1 saturated heterocycles. The molecule has 0 spiro atoms. The van der Waals surface area contributed by atoms with Gasteiger partial charge in [-0.1, -0.05) is 0 Å². The highest BCUT2D eigenvalue weighted by atomic mass is 16.2. The van der Waals surface area contributed by atoms with E-state index >= 15 is 0 Å². The summed E-state index contributed by atoms with van der Waals surface area (Å²) in [5.74, 6) is 0.312. The molecule has 0 atom stereocenters. The summed E-state index contributed by atoms with van der Waals surface area (Å²) in [6, 6.07) is 0.543. The number of rotatable bonds is 6. The van der Waals surface area contributed by atoms with Crippen LogP contribution in [0.5, 0.6) is 0 Å². The average molecular weight is 254 g/mol. The van der Waals surface area contributed by atoms with Crippen molar-refractivity contribution in [2.75, 3.05) is 52.4 Å². The van der Waals surface area contributed by atoms with Crippen LogP contribution in [0.3, 0.4) is 0 Å². The molecule has 18 heavy (non-hydrogen) atoms. The van der Waals surface area contributed by atoms with E-state index in [1.165, 1.54) is 12.8 Å². The van der Waals surface area contributed by atoms with Gasteiger partial charge < -0.3 is 10.6 Å². The van der Waals surface area contributed by atoms with Crippen LogP contribution in [-0.2, 0) is 4.79 Å². The minimum Gasteiger partial charge on any atom is -0.339 e. The van der Waals surface area contributed by atoms with Crippen LogP contribution in [0.2, 0.25) is 0 Å². The van der Waals surface area contributed by atoms with Gasteiger partial charge in [0, 0.05) is 51.9 Å². The molecule has 2 aliphatic rings. The molecule has 0 unspecified atom stereocenters. The zero-order chi connectivity index (χ0) is 13.0. The third kappa shape index (κ3) is 3.67. The molecular formula is C13H26N4O. The van der Waals surface area contributed by atoms with Gasteiger partial charge in [-0.3, -0.25) is 14.6 Å². The number of carbonyl (C=O) groups is 1. The minimum absolute atomic E-state index is 0.312. The first-order chi connectivity index (χ1) is 8.74. The molecule has 104 valence electrons. The summed E-state index contributed by atoms with van der Waals surface area (Å²) in [5.41, 5.74) is 5.56. The lowest BCUT2D eigenvalue weighted by Crippen LogP contribution is -2.51. The molecule has 2 fully saturated rings. The van der Waals surface area contributed by atoms with Gasteiger partial charge in [-0.2, -0.15) is 0 Å². The maximum absolute atomic E-state index is 12.2. The van der Waals surface area contributed by atoms with Crippen molar-refractivity contribution in [1.82, 2.24) is 14.7 Å². The minimum atomic E-state index is 0.312. The number of hydrogen-bond donors (Lipinski definition) is 1. The summed E-state index contributed by atoms with van der Waals surface area (Å²) < 4.78 is 0. The van der Waals surface area contributed by atoms with Gasteiger partial charge in [0.2, 0.25) is 5.91 Å². The van der Waals surface area contributed by atoms with Crippen LogP contribution in [-0.4, -0.2) is 79.0 Å². The first-order valence-corrected chi connectivity index (χ1v) is 7.18. The third-order valence-corrected chi connectivity index (χ3v) is 3.92. The van der Waals surface area contributed by atoms with Crippen LogP contribution >= 0.6 is 0 Å². The Morgan fingerprint density at radius 2 is 1.83 bits per heavy atom. The largest absolute Gasteiger partial charge is 0.339 e. The van der Waals surface area contributed by atoms with Crippen molar-refractivity contribution < 1.29 is 4.79 Å².